The van der Waals surface area contributed by atoms with Crippen molar-refractivity contribution in [3.8, 4) is 0 Å². The van der Waals surface area contributed by atoms with Crippen LogP contribution in [0.2, 0.25) is 0 Å². The molecule has 0 bridgehead atoms. The number of carbonyl (C=O) groups excluding carboxylic acids is 2. The van der Waals surface area contributed by atoms with Gasteiger partial charge in [0.15, 0.2) is 11.6 Å². The van der Waals surface area contributed by atoms with E-state index in [-0.39, 0.29) is 11.8 Å². The van der Waals surface area contributed by atoms with Crippen LogP contribution in [0.3, 0.4) is 0 Å². The lowest BCUT2D eigenvalue weighted by Crippen LogP contribution is -2.55. The van der Waals surface area contributed by atoms with Crippen molar-refractivity contribution in [2.75, 3.05) is 14.1 Å². The van der Waals surface area contributed by atoms with Crippen LogP contribution in [0.5, 0.6) is 0 Å². The van der Waals surface area contributed by atoms with E-state index in [2.05, 4.69) is 65.4 Å². The van der Waals surface area contributed by atoms with E-state index >= 15 is 0 Å². The van der Waals surface area contributed by atoms with Gasteiger partial charge in [0.1, 0.15) is 0 Å². The minimum absolute atomic E-state index is 0.0195. The number of Topliss-reactive ketones (excluding diaryl/α,β-unsaturated/α-hetero) is 2. The van der Waals surface area contributed by atoms with E-state index in [1.54, 1.807) is 0 Å². The molecular weight excluding hydrogens is 372 g/mol. The zero-order valence-electron chi connectivity index (χ0n) is 22.8. The van der Waals surface area contributed by atoms with E-state index in [0.717, 1.165) is 25.7 Å². The monoisotopic (exact) mass is 426 g/mol. The predicted octanol–water partition coefficient (Wildman–Crippen LogP) is 6.22. The molecule has 0 radical (unpaired) electrons. The SMILES string of the molecule is CC.CC(C)C(=O)C(C)(CCCCC(C)(C(=O)C(C)C)N(C)C(C)C)N(C)C(C)C. The minimum atomic E-state index is -0.454. The Labute approximate surface area is 189 Å². The first-order valence-electron chi connectivity index (χ1n) is 12.2. The third kappa shape index (κ3) is 8.07. The molecule has 0 amide bonds. The van der Waals surface area contributed by atoms with E-state index in [9.17, 15) is 9.59 Å². The summed E-state index contributed by atoms with van der Waals surface area (Å²) < 4.78 is 0. The number of nitrogens with zero attached hydrogens (tertiary/aromatic N) is 2. The highest BCUT2D eigenvalue weighted by Crippen LogP contribution is 2.31. The summed E-state index contributed by atoms with van der Waals surface area (Å²) in [5, 5.41) is 0. The van der Waals surface area contributed by atoms with Gasteiger partial charge in [0.2, 0.25) is 0 Å². The molecule has 0 N–H and O–H groups in total. The van der Waals surface area contributed by atoms with Crippen LogP contribution < -0.4 is 0 Å². The fraction of sp³-hybridized carbons (Fsp3) is 0.923. The molecule has 2 unspecified atom stereocenters. The van der Waals surface area contributed by atoms with E-state index in [1.165, 1.54) is 0 Å². The van der Waals surface area contributed by atoms with Crippen LogP contribution in [0.4, 0.5) is 0 Å². The molecule has 0 rings (SSSR count). The maximum atomic E-state index is 13.0. The third-order valence-corrected chi connectivity index (χ3v) is 6.79. The van der Waals surface area contributed by atoms with Crippen molar-refractivity contribution in [2.45, 2.75) is 132 Å². The second kappa shape index (κ2) is 13.6. The second-order valence-corrected chi connectivity index (χ2v) is 10.2. The Morgan fingerprint density at radius 2 is 0.867 bits per heavy atom. The summed E-state index contributed by atoms with van der Waals surface area (Å²) in [5.41, 5.74) is -0.907. The Kier molecular flexibility index (Phi) is 14.3. The number of hydrogen-bond acceptors (Lipinski definition) is 4. The molecule has 0 heterocycles. The Morgan fingerprint density at radius 3 is 1.03 bits per heavy atom. The summed E-state index contributed by atoms with van der Waals surface area (Å²) >= 11 is 0. The van der Waals surface area contributed by atoms with Crippen LogP contribution in [0.15, 0.2) is 0 Å². The summed E-state index contributed by atoms with van der Waals surface area (Å²) in [5.74, 6) is 0.658. The van der Waals surface area contributed by atoms with E-state index in [1.807, 2.05) is 41.5 Å². The zero-order valence-corrected chi connectivity index (χ0v) is 22.8. The van der Waals surface area contributed by atoms with Gasteiger partial charge in [-0.1, -0.05) is 54.4 Å². The van der Waals surface area contributed by atoms with Crippen molar-refractivity contribution in [1.29, 1.82) is 0 Å². The van der Waals surface area contributed by atoms with Gasteiger partial charge >= 0.3 is 0 Å². The van der Waals surface area contributed by atoms with Crippen LogP contribution in [0.1, 0.15) is 109 Å². The summed E-state index contributed by atoms with van der Waals surface area (Å²) in [6, 6.07) is 0.625. The van der Waals surface area contributed by atoms with Crippen molar-refractivity contribution < 1.29 is 9.59 Å². The van der Waals surface area contributed by atoms with Gasteiger partial charge in [0.25, 0.3) is 0 Å². The molecule has 0 saturated heterocycles. The number of likely N-dealkylation sites (N-methyl/N-ethyl adjacent to an activating group) is 2. The second-order valence-electron chi connectivity index (χ2n) is 10.2. The van der Waals surface area contributed by atoms with Crippen LogP contribution in [0, 0.1) is 11.8 Å². The molecule has 30 heavy (non-hydrogen) atoms. The van der Waals surface area contributed by atoms with E-state index in [4.69, 9.17) is 0 Å². The first kappa shape index (κ1) is 31.4. The standard InChI is InChI=1S/C24H48N2O2.C2H6/c1-17(2)21(27)23(9,25(11)19(5)6)15-13-14-16-24(10,22(28)18(3)4)26(12)20(7)8;1-2/h17-20H,13-16H2,1-12H3;1-2H3. The maximum absolute atomic E-state index is 13.0. The molecule has 0 aliphatic heterocycles. The highest BCUT2D eigenvalue weighted by atomic mass is 16.1. The average molecular weight is 427 g/mol. The van der Waals surface area contributed by atoms with Crippen molar-refractivity contribution in [3.05, 3.63) is 0 Å². The molecule has 0 saturated carbocycles. The van der Waals surface area contributed by atoms with E-state index in [0.29, 0.717) is 23.7 Å². The fourth-order valence-electron chi connectivity index (χ4n) is 4.27. The molecule has 2 atom stereocenters. The lowest BCUT2D eigenvalue weighted by atomic mass is 9.79. The fourth-order valence-corrected chi connectivity index (χ4v) is 4.27. The van der Waals surface area contributed by atoms with Gasteiger partial charge in [-0.2, -0.15) is 0 Å². The first-order valence-corrected chi connectivity index (χ1v) is 12.2. The van der Waals surface area contributed by atoms with Gasteiger partial charge in [0, 0.05) is 23.9 Å². The van der Waals surface area contributed by atoms with Crippen LogP contribution in [0.25, 0.3) is 0 Å². The molecule has 0 aromatic carbocycles. The summed E-state index contributed by atoms with van der Waals surface area (Å²) in [7, 11) is 4.12. The van der Waals surface area contributed by atoms with Gasteiger partial charge in [-0.3, -0.25) is 19.4 Å². The average Bonchev–Trinajstić information content (AvgIpc) is 2.69. The molecule has 0 aromatic heterocycles. The quantitative estimate of drug-likeness (QED) is 0.328. The Bertz CT molecular complexity index is 467. The van der Waals surface area contributed by atoms with E-state index < -0.39 is 11.1 Å². The maximum Gasteiger partial charge on any atom is 0.155 e. The van der Waals surface area contributed by atoms with Crippen LogP contribution in [-0.2, 0) is 9.59 Å². The number of ketones is 2. The first-order chi connectivity index (χ1) is 13.6. The van der Waals surface area contributed by atoms with Gasteiger partial charge in [-0.25, -0.2) is 0 Å². The molecule has 4 nitrogen and oxygen atoms in total. The molecular formula is C26H54N2O2. The third-order valence-electron chi connectivity index (χ3n) is 6.79. The molecule has 4 heteroatoms. The van der Waals surface area contributed by atoms with Crippen molar-refractivity contribution in [3.63, 3.8) is 0 Å². The smallest absolute Gasteiger partial charge is 0.155 e. The molecule has 180 valence electrons. The largest absolute Gasteiger partial charge is 0.297 e. The number of carbonyl (C=O) groups is 2. The van der Waals surface area contributed by atoms with Gasteiger partial charge in [-0.05, 0) is 68.5 Å². The van der Waals surface area contributed by atoms with Gasteiger partial charge in [0.05, 0.1) is 11.1 Å². The summed E-state index contributed by atoms with van der Waals surface area (Å²) in [6.45, 7) is 24.7. The normalized spacial score (nSPS) is 16.1. The highest BCUT2D eigenvalue weighted by molar-refractivity contribution is 5.90. The summed E-state index contributed by atoms with van der Waals surface area (Å²) in [4.78, 5) is 30.4. The zero-order chi connectivity index (χ0) is 24.4. The predicted molar refractivity (Wildman–Crippen MR) is 132 cm³/mol. The van der Waals surface area contributed by atoms with Crippen molar-refractivity contribution >= 4 is 11.6 Å². The molecule has 0 aliphatic carbocycles. The lowest BCUT2D eigenvalue weighted by Gasteiger charge is -2.43. The highest BCUT2D eigenvalue weighted by Gasteiger charge is 2.41. The number of unbranched alkanes of at least 4 members (excludes halogenated alkanes) is 1. The minimum Gasteiger partial charge on any atom is -0.297 e. The van der Waals surface area contributed by atoms with Crippen molar-refractivity contribution in [2.24, 2.45) is 11.8 Å². The number of rotatable bonds is 13. The summed E-state index contributed by atoms with van der Waals surface area (Å²) in [6.07, 6.45) is 3.55. The van der Waals surface area contributed by atoms with Gasteiger partial charge in [-0.15, -0.1) is 0 Å². The van der Waals surface area contributed by atoms with Gasteiger partial charge < -0.3 is 0 Å². The molecule has 0 spiro atoms. The molecule has 0 fully saturated rings. The molecule has 0 aliphatic rings. The van der Waals surface area contributed by atoms with Crippen molar-refractivity contribution in [1.82, 2.24) is 9.80 Å². The Balaban J connectivity index is 0. The van der Waals surface area contributed by atoms with Crippen LogP contribution >= 0.6 is 0 Å². The topological polar surface area (TPSA) is 40.6 Å². The van der Waals surface area contributed by atoms with Crippen LogP contribution in [-0.4, -0.2) is 58.6 Å². The molecule has 0 aromatic rings. The number of hydrogen-bond donors (Lipinski definition) is 0. The Morgan fingerprint density at radius 1 is 0.633 bits per heavy atom. The lowest BCUT2D eigenvalue weighted by molar-refractivity contribution is -0.135. The Hall–Kier alpha value is -0.740.